The molecule has 2 N–H and O–H groups in total. The predicted octanol–water partition coefficient (Wildman–Crippen LogP) is 4.44. The first kappa shape index (κ1) is 13.4. The topological polar surface area (TPSA) is 45.1 Å². The Bertz CT molecular complexity index is 830. The summed E-state index contributed by atoms with van der Waals surface area (Å²) < 4.78 is 13.6. The largest absolute Gasteiger partial charge is 0.507 e. The maximum Gasteiger partial charge on any atom is 0.131 e. The number of benzene rings is 2. The highest BCUT2D eigenvalue weighted by Gasteiger charge is 2.07. The van der Waals surface area contributed by atoms with E-state index < -0.39 is 0 Å². The van der Waals surface area contributed by atoms with Crippen LogP contribution in [0.4, 0.5) is 15.9 Å². The number of phenolic OH excluding ortho intramolecular Hbond substituents is 1. The van der Waals surface area contributed by atoms with E-state index in [1.807, 2.05) is 25.1 Å². The quantitative estimate of drug-likeness (QED) is 0.730. The lowest BCUT2D eigenvalue weighted by Gasteiger charge is -2.10. The Morgan fingerprint density at radius 2 is 1.86 bits per heavy atom. The van der Waals surface area contributed by atoms with Crippen molar-refractivity contribution in [3.05, 3.63) is 59.4 Å². The van der Waals surface area contributed by atoms with Gasteiger partial charge >= 0.3 is 0 Å². The standard InChI is InChI=1S/C17H15FN2O/c1-10-6-7-12(9-13(10)18)19-16-8-11(2)17-14(20-16)4-3-5-15(17)21/h3-9,21H,1-2H3,(H,19,20). The van der Waals surface area contributed by atoms with Crippen molar-refractivity contribution in [1.82, 2.24) is 4.98 Å². The molecule has 0 bridgehead atoms. The third kappa shape index (κ3) is 2.52. The maximum absolute atomic E-state index is 13.6. The second-order valence-electron chi connectivity index (χ2n) is 5.08. The number of nitrogens with one attached hydrogen (secondary N) is 1. The number of aryl methyl sites for hydroxylation is 2. The van der Waals surface area contributed by atoms with E-state index in [0.29, 0.717) is 22.6 Å². The van der Waals surface area contributed by atoms with Crippen molar-refractivity contribution >= 4 is 22.4 Å². The molecule has 0 saturated heterocycles. The molecule has 0 atom stereocenters. The van der Waals surface area contributed by atoms with Crippen molar-refractivity contribution in [3.8, 4) is 5.75 Å². The summed E-state index contributed by atoms with van der Waals surface area (Å²) in [5.74, 6) is 0.578. The number of aromatic nitrogens is 1. The highest BCUT2D eigenvalue weighted by atomic mass is 19.1. The van der Waals surface area contributed by atoms with Gasteiger partial charge in [0, 0.05) is 11.1 Å². The Labute approximate surface area is 122 Å². The molecular weight excluding hydrogens is 267 g/mol. The van der Waals surface area contributed by atoms with Gasteiger partial charge in [-0.15, -0.1) is 0 Å². The lowest BCUT2D eigenvalue weighted by Crippen LogP contribution is -1.96. The van der Waals surface area contributed by atoms with E-state index in [-0.39, 0.29) is 11.6 Å². The SMILES string of the molecule is Cc1ccc(Nc2cc(C)c3c(O)cccc3n2)cc1F. The van der Waals surface area contributed by atoms with E-state index in [1.54, 1.807) is 25.1 Å². The number of hydrogen-bond donors (Lipinski definition) is 2. The van der Waals surface area contributed by atoms with Gasteiger partial charge in [-0.3, -0.25) is 0 Å². The van der Waals surface area contributed by atoms with E-state index in [9.17, 15) is 9.50 Å². The monoisotopic (exact) mass is 282 g/mol. The van der Waals surface area contributed by atoms with Gasteiger partial charge in [0.05, 0.1) is 5.52 Å². The van der Waals surface area contributed by atoms with Crippen LogP contribution >= 0.6 is 0 Å². The summed E-state index contributed by atoms with van der Waals surface area (Å²) >= 11 is 0. The smallest absolute Gasteiger partial charge is 0.131 e. The van der Waals surface area contributed by atoms with Crippen LogP contribution in [-0.4, -0.2) is 10.1 Å². The highest BCUT2D eigenvalue weighted by Crippen LogP contribution is 2.29. The molecule has 3 nitrogen and oxygen atoms in total. The minimum Gasteiger partial charge on any atom is -0.507 e. The molecule has 1 aromatic heterocycles. The first-order valence-electron chi connectivity index (χ1n) is 6.67. The zero-order valence-electron chi connectivity index (χ0n) is 11.8. The Balaban J connectivity index is 2.03. The molecule has 0 fully saturated rings. The summed E-state index contributed by atoms with van der Waals surface area (Å²) in [4.78, 5) is 4.45. The lowest BCUT2D eigenvalue weighted by molar-refractivity contribution is 0.481. The van der Waals surface area contributed by atoms with Crippen LogP contribution in [0.5, 0.6) is 5.75 Å². The van der Waals surface area contributed by atoms with Crippen LogP contribution < -0.4 is 5.32 Å². The average Bonchev–Trinajstić information content (AvgIpc) is 2.42. The van der Waals surface area contributed by atoms with E-state index in [4.69, 9.17) is 0 Å². The van der Waals surface area contributed by atoms with Gasteiger partial charge in [-0.25, -0.2) is 9.37 Å². The molecule has 0 unspecified atom stereocenters. The molecular formula is C17H15FN2O. The molecule has 1 heterocycles. The first-order valence-corrected chi connectivity index (χ1v) is 6.67. The van der Waals surface area contributed by atoms with Crippen molar-refractivity contribution in [2.45, 2.75) is 13.8 Å². The van der Waals surface area contributed by atoms with Crippen LogP contribution in [0.3, 0.4) is 0 Å². The first-order chi connectivity index (χ1) is 10.0. The van der Waals surface area contributed by atoms with Gasteiger partial charge in [-0.05, 0) is 55.3 Å². The highest BCUT2D eigenvalue weighted by molar-refractivity contribution is 5.89. The van der Waals surface area contributed by atoms with Crippen LogP contribution in [0, 0.1) is 19.7 Å². The number of hydrogen-bond acceptors (Lipinski definition) is 3. The molecule has 0 aliphatic rings. The number of rotatable bonds is 2. The van der Waals surface area contributed by atoms with Gasteiger partial charge in [0.1, 0.15) is 17.4 Å². The number of anilines is 2. The van der Waals surface area contributed by atoms with Crippen LogP contribution in [0.15, 0.2) is 42.5 Å². The lowest BCUT2D eigenvalue weighted by atomic mass is 10.1. The zero-order chi connectivity index (χ0) is 15.0. The minimum absolute atomic E-state index is 0.213. The van der Waals surface area contributed by atoms with E-state index >= 15 is 0 Å². The van der Waals surface area contributed by atoms with Crippen LogP contribution in [-0.2, 0) is 0 Å². The molecule has 106 valence electrons. The number of nitrogens with zero attached hydrogens (tertiary/aromatic N) is 1. The van der Waals surface area contributed by atoms with Gasteiger partial charge in [-0.1, -0.05) is 12.1 Å². The van der Waals surface area contributed by atoms with Crippen molar-refractivity contribution < 1.29 is 9.50 Å². The van der Waals surface area contributed by atoms with Crippen molar-refractivity contribution in [1.29, 1.82) is 0 Å². The second-order valence-corrected chi connectivity index (χ2v) is 5.08. The van der Waals surface area contributed by atoms with Crippen molar-refractivity contribution in [2.24, 2.45) is 0 Å². The Kier molecular flexibility index (Phi) is 3.22. The summed E-state index contributed by atoms with van der Waals surface area (Å²) in [6.45, 7) is 3.63. The Morgan fingerprint density at radius 1 is 1.05 bits per heavy atom. The molecule has 0 aliphatic heterocycles. The number of aromatic hydroxyl groups is 1. The van der Waals surface area contributed by atoms with E-state index in [1.165, 1.54) is 6.07 Å². The molecule has 0 saturated carbocycles. The fraction of sp³-hybridized carbons (Fsp3) is 0.118. The van der Waals surface area contributed by atoms with Crippen LogP contribution in [0.1, 0.15) is 11.1 Å². The molecule has 0 radical (unpaired) electrons. The molecule has 21 heavy (non-hydrogen) atoms. The summed E-state index contributed by atoms with van der Waals surface area (Å²) in [7, 11) is 0. The Morgan fingerprint density at radius 3 is 2.62 bits per heavy atom. The molecule has 0 aliphatic carbocycles. The summed E-state index contributed by atoms with van der Waals surface area (Å²) in [5.41, 5.74) is 2.86. The third-order valence-electron chi connectivity index (χ3n) is 3.45. The van der Waals surface area contributed by atoms with Gasteiger partial charge in [-0.2, -0.15) is 0 Å². The summed E-state index contributed by atoms with van der Waals surface area (Å²) in [5, 5.41) is 13.7. The fourth-order valence-corrected chi connectivity index (χ4v) is 2.35. The normalized spacial score (nSPS) is 10.8. The van der Waals surface area contributed by atoms with E-state index in [2.05, 4.69) is 10.3 Å². The molecule has 0 spiro atoms. The molecule has 2 aromatic carbocycles. The van der Waals surface area contributed by atoms with Gasteiger partial charge in [0.25, 0.3) is 0 Å². The second kappa shape index (κ2) is 5.05. The fourth-order valence-electron chi connectivity index (χ4n) is 2.35. The minimum atomic E-state index is -0.254. The number of halogens is 1. The van der Waals surface area contributed by atoms with Gasteiger partial charge in [0.15, 0.2) is 0 Å². The maximum atomic E-state index is 13.6. The summed E-state index contributed by atoms with van der Waals surface area (Å²) in [6, 6.07) is 12.0. The van der Waals surface area contributed by atoms with Gasteiger partial charge < -0.3 is 10.4 Å². The molecule has 0 amide bonds. The predicted molar refractivity (Wildman–Crippen MR) is 82.6 cm³/mol. The number of fused-ring (bicyclic) bond motifs is 1. The molecule has 3 rings (SSSR count). The summed E-state index contributed by atoms with van der Waals surface area (Å²) in [6.07, 6.45) is 0. The van der Waals surface area contributed by atoms with Crippen molar-refractivity contribution in [2.75, 3.05) is 5.32 Å². The van der Waals surface area contributed by atoms with E-state index in [0.717, 1.165) is 10.9 Å². The number of phenols is 1. The van der Waals surface area contributed by atoms with Crippen LogP contribution in [0.25, 0.3) is 10.9 Å². The molecule has 3 aromatic rings. The number of pyridine rings is 1. The van der Waals surface area contributed by atoms with Crippen LogP contribution in [0.2, 0.25) is 0 Å². The zero-order valence-corrected chi connectivity index (χ0v) is 11.8. The van der Waals surface area contributed by atoms with Gasteiger partial charge in [0.2, 0.25) is 0 Å². The van der Waals surface area contributed by atoms with Crippen molar-refractivity contribution in [3.63, 3.8) is 0 Å². The average molecular weight is 282 g/mol. The third-order valence-corrected chi connectivity index (χ3v) is 3.45. The Hall–Kier alpha value is -2.62. The molecule has 4 heteroatoms.